The summed E-state index contributed by atoms with van der Waals surface area (Å²) in [4.78, 5) is 21.0. The monoisotopic (exact) mass is 427 g/mol. The summed E-state index contributed by atoms with van der Waals surface area (Å²) in [5.41, 5.74) is 1.88. The van der Waals surface area contributed by atoms with Crippen molar-refractivity contribution >= 4 is 23.4 Å². The predicted octanol–water partition coefficient (Wildman–Crippen LogP) is 3.06. The van der Waals surface area contributed by atoms with Crippen molar-refractivity contribution in [1.82, 2.24) is 20.1 Å². The number of nitrogens with zero attached hydrogens (tertiary/aromatic N) is 4. The largest absolute Gasteiger partial charge is 0.497 e. The van der Waals surface area contributed by atoms with Gasteiger partial charge in [0.15, 0.2) is 5.82 Å². The first kappa shape index (κ1) is 20.2. The van der Waals surface area contributed by atoms with Crippen molar-refractivity contribution in [2.75, 3.05) is 43.9 Å². The molecule has 4 rings (SSSR count). The number of methoxy groups -OCH3 is 1. The van der Waals surface area contributed by atoms with E-state index in [9.17, 15) is 9.18 Å². The molecule has 1 aromatic heterocycles. The number of H-pyrrole nitrogens is 1. The SMILES string of the molecule is COc1ccc(-c2nc(SCC(=O)N3CCN(c4ccc(F)cc4)CC3)n[nH]2)cc1. The minimum atomic E-state index is -0.244. The molecule has 2 aromatic carbocycles. The van der Waals surface area contributed by atoms with Crippen molar-refractivity contribution in [3.8, 4) is 17.1 Å². The number of amides is 1. The molecule has 30 heavy (non-hydrogen) atoms. The average molecular weight is 428 g/mol. The number of rotatable bonds is 6. The van der Waals surface area contributed by atoms with Crippen LogP contribution in [0.15, 0.2) is 53.7 Å². The Morgan fingerprint density at radius 1 is 1.10 bits per heavy atom. The van der Waals surface area contributed by atoms with E-state index in [1.54, 1.807) is 19.2 Å². The maximum absolute atomic E-state index is 13.1. The first-order valence-corrected chi connectivity index (χ1v) is 10.6. The lowest BCUT2D eigenvalue weighted by Gasteiger charge is -2.36. The number of halogens is 1. The van der Waals surface area contributed by atoms with Gasteiger partial charge in [0.25, 0.3) is 0 Å². The molecule has 7 nitrogen and oxygen atoms in total. The Balaban J connectivity index is 1.27. The van der Waals surface area contributed by atoms with Crippen molar-refractivity contribution < 1.29 is 13.9 Å². The first-order valence-electron chi connectivity index (χ1n) is 9.60. The number of aromatic amines is 1. The molecule has 3 aromatic rings. The van der Waals surface area contributed by atoms with E-state index < -0.39 is 0 Å². The molecule has 9 heteroatoms. The lowest BCUT2D eigenvalue weighted by molar-refractivity contribution is -0.128. The van der Waals surface area contributed by atoms with E-state index in [4.69, 9.17) is 4.74 Å². The zero-order valence-corrected chi connectivity index (χ0v) is 17.4. The highest BCUT2D eigenvalue weighted by molar-refractivity contribution is 7.99. The average Bonchev–Trinajstić information content (AvgIpc) is 3.27. The lowest BCUT2D eigenvalue weighted by atomic mass is 10.2. The molecule has 0 aliphatic carbocycles. The van der Waals surface area contributed by atoms with Crippen LogP contribution < -0.4 is 9.64 Å². The van der Waals surface area contributed by atoms with Gasteiger partial charge in [-0.15, -0.1) is 5.10 Å². The van der Waals surface area contributed by atoms with Gasteiger partial charge < -0.3 is 14.5 Å². The molecule has 1 amide bonds. The fourth-order valence-electron chi connectivity index (χ4n) is 3.27. The van der Waals surface area contributed by atoms with Gasteiger partial charge in [0.1, 0.15) is 11.6 Å². The first-order chi connectivity index (χ1) is 14.6. The van der Waals surface area contributed by atoms with E-state index in [0.717, 1.165) is 30.1 Å². The van der Waals surface area contributed by atoms with Gasteiger partial charge in [-0.25, -0.2) is 9.37 Å². The summed E-state index contributed by atoms with van der Waals surface area (Å²) in [7, 11) is 1.62. The van der Waals surface area contributed by atoms with Crippen LogP contribution >= 0.6 is 11.8 Å². The molecule has 0 atom stereocenters. The minimum Gasteiger partial charge on any atom is -0.497 e. The van der Waals surface area contributed by atoms with Crippen LogP contribution in [-0.2, 0) is 4.79 Å². The van der Waals surface area contributed by atoms with Gasteiger partial charge in [-0.1, -0.05) is 11.8 Å². The van der Waals surface area contributed by atoms with Crippen molar-refractivity contribution in [1.29, 1.82) is 0 Å². The van der Waals surface area contributed by atoms with Crippen LogP contribution in [0, 0.1) is 5.82 Å². The molecule has 156 valence electrons. The van der Waals surface area contributed by atoms with Crippen molar-refractivity contribution in [2.45, 2.75) is 5.16 Å². The normalized spacial score (nSPS) is 14.1. The summed E-state index contributed by atoms with van der Waals surface area (Å²) in [6.45, 7) is 2.73. The fraction of sp³-hybridized carbons (Fsp3) is 0.286. The van der Waals surface area contributed by atoms with E-state index in [-0.39, 0.29) is 17.5 Å². The second kappa shape index (κ2) is 9.17. The van der Waals surface area contributed by atoms with E-state index in [1.165, 1.54) is 23.9 Å². The van der Waals surface area contributed by atoms with Gasteiger partial charge in [-0.05, 0) is 48.5 Å². The van der Waals surface area contributed by atoms with Crippen molar-refractivity contribution in [3.05, 3.63) is 54.3 Å². The highest BCUT2D eigenvalue weighted by atomic mass is 32.2. The number of piperazine rings is 1. The number of thioether (sulfide) groups is 1. The van der Waals surface area contributed by atoms with Gasteiger partial charge in [0, 0.05) is 37.4 Å². The number of hydrogen-bond donors (Lipinski definition) is 1. The summed E-state index contributed by atoms with van der Waals surface area (Å²) >= 11 is 1.32. The Hall–Kier alpha value is -3.07. The number of carbonyl (C=O) groups excluding carboxylic acids is 1. The van der Waals surface area contributed by atoms with E-state index in [2.05, 4.69) is 20.1 Å². The molecular formula is C21H22FN5O2S. The molecule has 2 heterocycles. The number of aromatic nitrogens is 3. The summed E-state index contributed by atoms with van der Waals surface area (Å²) < 4.78 is 18.2. The minimum absolute atomic E-state index is 0.0644. The van der Waals surface area contributed by atoms with Gasteiger partial charge in [-0.2, -0.15) is 0 Å². The molecule has 0 spiro atoms. The van der Waals surface area contributed by atoms with Crippen LogP contribution in [0.4, 0.5) is 10.1 Å². The Kier molecular flexibility index (Phi) is 6.18. The van der Waals surface area contributed by atoms with Crippen LogP contribution in [0.1, 0.15) is 0 Å². The quantitative estimate of drug-likeness (QED) is 0.610. The van der Waals surface area contributed by atoms with Gasteiger partial charge in [0.05, 0.1) is 12.9 Å². The highest BCUT2D eigenvalue weighted by Crippen LogP contribution is 2.22. The second-order valence-electron chi connectivity index (χ2n) is 6.83. The third-order valence-corrected chi connectivity index (χ3v) is 5.81. The number of hydrogen-bond acceptors (Lipinski definition) is 6. The van der Waals surface area contributed by atoms with Crippen LogP contribution in [0.2, 0.25) is 0 Å². The van der Waals surface area contributed by atoms with Gasteiger partial charge >= 0.3 is 0 Å². The number of ether oxygens (including phenoxy) is 1. The zero-order chi connectivity index (χ0) is 20.9. The summed E-state index contributed by atoms with van der Waals surface area (Å²) in [6, 6.07) is 14.0. The molecule has 1 aliphatic heterocycles. The van der Waals surface area contributed by atoms with Crippen LogP contribution in [-0.4, -0.2) is 65.0 Å². The maximum atomic E-state index is 13.1. The third-order valence-electron chi connectivity index (χ3n) is 4.98. The van der Waals surface area contributed by atoms with E-state index in [0.29, 0.717) is 24.1 Å². The number of benzene rings is 2. The summed E-state index contributed by atoms with van der Waals surface area (Å²) in [5.74, 6) is 1.54. The fourth-order valence-corrected chi connectivity index (χ4v) is 3.97. The highest BCUT2D eigenvalue weighted by Gasteiger charge is 2.22. The zero-order valence-electron chi connectivity index (χ0n) is 16.5. The van der Waals surface area contributed by atoms with Crippen molar-refractivity contribution in [2.24, 2.45) is 0 Å². The molecule has 1 fully saturated rings. The summed E-state index contributed by atoms with van der Waals surface area (Å²) in [6.07, 6.45) is 0. The Morgan fingerprint density at radius 2 is 1.80 bits per heavy atom. The second-order valence-corrected chi connectivity index (χ2v) is 7.77. The topological polar surface area (TPSA) is 74.3 Å². The molecule has 1 aliphatic rings. The van der Waals surface area contributed by atoms with Crippen LogP contribution in [0.25, 0.3) is 11.4 Å². The van der Waals surface area contributed by atoms with E-state index >= 15 is 0 Å². The van der Waals surface area contributed by atoms with Crippen molar-refractivity contribution in [3.63, 3.8) is 0 Å². The number of anilines is 1. The maximum Gasteiger partial charge on any atom is 0.233 e. The Morgan fingerprint density at radius 3 is 2.47 bits per heavy atom. The molecule has 0 bridgehead atoms. The summed E-state index contributed by atoms with van der Waals surface area (Å²) in [5, 5.41) is 7.65. The third kappa shape index (κ3) is 4.73. The van der Waals surface area contributed by atoms with Crippen LogP contribution in [0.5, 0.6) is 5.75 Å². The molecule has 0 saturated carbocycles. The van der Waals surface area contributed by atoms with Gasteiger partial charge in [-0.3, -0.25) is 9.89 Å². The lowest BCUT2D eigenvalue weighted by Crippen LogP contribution is -2.49. The van der Waals surface area contributed by atoms with E-state index in [1.807, 2.05) is 29.2 Å². The van der Waals surface area contributed by atoms with Crippen LogP contribution in [0.3, 0.4) is 0 Å². The van der Waals surface area contributed by atoms with Gasteiger partial charge in [0.2, 0.25) is 11.1 Å². The molecular weight excluding hydrogens is 405 g/mol. The predicted molar refractivity (Wildman–Crippen MR) is 114 cm³/mol. The standard InChI is InChI=1S/C21H22FN5O2S/c1-29-18-8-2-15(3-9-18)20-23-21(25-24-20)30-14-19(28)27-12-10-26(11-13-27)17-6-4-16(22)5-7-17/h2-9H,10-14H2,1H3,(H,23,24,25). The molecule has 0 radical (unpaired) electrons. The molecule has 0 unspecified atom stereocenters. The molecule has 1 saturated heterocycles. The smallest absolute Gasteiger partial charge is 0.233 e. The molecule has 1 N–H and O–H groups in total. The number of carbonyl (C=O) groups is 1. The Bertz CT molecular complexity index is 985. The Labute approximate surface area is 178 Å². The number of nitrogens with one attached hydrogen (secondary N) is 1.